The molecule has 0 radical (unpaired) electrons. The first kappa shape index (κ1) is 18.2. The molecule has 3 heterocycles. The van der Waals surface area contributed by atoms with Crippen LogP contribution in [-0.4, -0.2) is 26.7 Å². The topological polar surface area (TPSA) is 82.5 Å². The van der Waals surface area contributed by atoms with Gasteiger partial charge in [0.2, 0.25) is 5.89 Å². The first-order chi connectivity index (χ1) is 13.6. The molecule has 0 aliphatic carbocycles. The number of pyridine rings is 1. The third kappa shape index (κ3) is 4.07. The first-order valence-electron chi connectivity index (χ1n) is 8.68. The lowest BCUT2D eigenvalue weighted by Crippen LogP contribution is -2.15. The van der Waals surface area contributed by atoms with Crippen molar-refractivity contribution in [3.8, 4) is 5.75 Å². The lowest BCUT2D eigenvalue weighted by molar-refractivity contribution is 0.413. The van der Waals surface area contributed by atoms with Crippen molar-refractivity contribution in [1.29, 1.82) is 0 Å². The van der Waals surface area contributed by atoms with Gasteiger partial charge in [-0.25, -0.2) is 4.98 Å². The Bertz CT molecular complexity index is 1170. The molecule has 4 aromatic rings. The molecule has 0 amide bonds. The smallest absolute Gasteiger partial charge is 0.276 e. The van der Waals surface area contributed by atoms with E-state index < -0.39 is 0 Å². The van der Waals surface area contributed by atoms with Crippen molar-refractivity contribution >= 4 is 17.4 Å². The van der Waals surface area contributed by atoms with Crippen molar-refractivity contribution < 1.29 is 9.15 Å². The van der Waals surface area contributed by atoms with E-state index in [1.54, 1.807) is 13.3 Å². The zero-order valence-electron chi connectivity index (χ0n) is 15.5. The number of thioether (sulfide) groups is 1. The maximum absolute atomic E-state index is 12.2. The summed E-state index contributed by atoms with van der Waals surface area (Å²) in [4.78, 5) is 16.8. The Labute approximate surface area is 165 Å². The highest BCUT2D eigenvalue weighted by Crippen LogP contribution is 2.22. The molecule has 0 spiro atoms. The summed E-state index contributed by atoms with van der Waals surface area (Å²) in [6.45, 7) is 1.97. The van der Waals surface area contributed by atoms with Gasteiger partial charge in [-0.05, 0) is 42.3 Å². The molecule has 0 saturated carbocycles. The van der Waals surface area contributed by atoms with Crippen LogP contribution in [0, 0.1) is 6.92 Å². The number of nitrogens with zero attached hydrogens (tertiary/aromatic N) is 4. The Hall–Kier alpha value is -3.13. The molecule has 4 rings (SSSR count). The van der Waals surface area contributed by atoms with E-state index in [0.29, 0.717) is 34.6 Å². The molecule has 3 aromatic heterocycles. The minimum Gasteiger partial charge on any atom is -0.497 e. The van der Waals surface area contributed by atoms with Crippen LogP contribution in [0.2, 0.25) is 0 Å². The zero-order chi connectivity index (χ0) is 19.5. The van der Waals surface area contributed by atoms with Crippen LogP contribution in [0.25, 0.3) is 5.65 Å². The predicted molar refractivity (Wildman–Crippen MR) is 106 cm³/mol. The molecule has 142 valence electrons. The summed E-state index contributed by atoms with van der Waals surface area (Å²) in [5.41, 5.74) is 3.31. The summed E-state index contributed by atoms with van der Waals surface area (Å²) in [6, 6.07) is 13.0. The number of rotatable bonds is 6. The number of aryl methyl sites for hydroxylation is 1. The van der Waals surface area contributed by atoms with Gasteiger partial charge in [0.25, 0.3) is 10.8 Å². The SMILES string of the molecule is COc1ccc(Cc2nnc(SCc3cc(=O)n4ccc(C)cc4n3)o2)cc1. The lowest BCUT2D eigenvalue weighted by Gasteiger charge is -2.03. The second-order valence-electron chi connectivity index (χ2n) is 6.29. The van der Waals surface area contributed by atoms with Gasteiger partial charge < -0.3 is 9.15 Å². The van der Waals surface area contributed by atoms with Crippen molar-refractivity contribution in [3.05, 3.63) is 81.7 Å². The number of benzene rings is 1. The van der Waals surface area contributed by atoms with E-state index in [9.17, 15) is 4.79 Å². The summed E-state index contributed by atoms with van der Waals surface area (Å²) < 4.78 is 12.4. The van der Waals surface area contributed by atoms with E-state index in [-0.39, 0.29) is 5.56 Å². The highest BCUT2D eigenvalue weighted by molar-refractivity contribution is 7.98. The summed E-state index contributed by atoms with van der Waals surface area (Å²) in [7, 11) is 1.64. The minimum atomic E-state index is -0.105. The number of ether oxygens (including phenoxy) is 1. The largest absolute Gasteiger partial charge is 0.497 e. The second kappa shape index (κ2) is 7.85. The molecular formula is C20H18N4O3S. The Morgan fingerprint density at radius 2 is 1.96 bits per heavy atom. The molecule has 0 atom stereocenters. The molecule has 0 fully saturated rings. The van der Waals surface area contributed by atoms with Crippen molar-refractivity contribution in [2.24, 2.45) is 0 Å². The van der Waals surface area contributed by atoms with Gasteiger partial charge >= 0.3 is 0 Å². The molecular weight excluding hydrogens is 376 g/mol. The fraction of sp³-hybridized carbons (Fsp3) is 0.200. The Morgan fingerprint density at radius 3 is 2.75 bits per heavy atom. The molecule has 7 nitrogen and oxygen atoms in total. The molecule has 8 heteroatoms. The number of hydrogen-bond acceptors (Lipinski definition) is 7. The van der Waals surface area contributed by atoms with Crippen LogP contribution >= 0.6 is 11.8 Å². The summed E-state index contributed by atoms with van der Waals surface area (Å²) in [5.74, 6) is 1.82. The number of aromatic nitrogens is 4. The van der Waals surface area contributed by atoms with E-state index in [0.717, 1.165) is 16.9 Å². The maximum Gasteiger partial charge on any atom is 0.276 e. The lowest BCUT2D eigenvalue weighted by atomic mass is 10.1. The maximum atomic E-state index is 12.2. The summed E-state index contributed by atoms with van der Waals surface area (Å²) in [5, 5.41) is 8.61. The van der Waals surface area contributed by atoms with Crippen LogP contribution in [-0.2, 0) is 12.2 Å². The van der Waals surface area contributed by atoms with Gasteiger partial charge in [-0.2, -0.15) is 0 Å². The molecule has 0 bridgehead atoms. The molecule has 0 aliphatic rings. The number of fused-ring (bicyclic) bond motifs is 1. The third-order valence-corrected chi connectivity index (χ3v) is 5.03. The number of methoxy groups -OCH3 is 1. The Kier molecular flexibility index (Phi) is 5.12. The van der Waals surface area contributed by atoms with Crippen LogP contribution < -0.4 is 10.3 Å². The standard InChI is InChI=1S/C20H18N4O3S/c1-13-7-8-24-17(9-13)21-15(11-19(24)25)12-28-20-23-22-18(27-20)10-14-3-5-16(26-2)6-4-14/h3-9,11H,10,12H2,1-2H3. The van der Waals surface area contributed by atoms with Gasteiger partial charge in [-0.1, -0.05) is 23.9 Å². The van der Waals surface area contributed by atoms with Crippen molar-refractivity contribution in [1.82, 2.24) is 19.6 Å². The molecule has 28 heavy (non-hydrogen) atoms. The van der Waals surface area contributed by atoms with E-state index in [2.05, 4.69) is 15.2 Å². The van der Waals surface area contributed by atoms with Crippen LogP contribution in [0.3, 0.4) is 0 Å². The van der Waals surface area contributed by atoms with Gasteiger partial charge in [0.1, 0.15) is 11.4 Å². The minimum absolute atomic E-state index is 0.105. The fourth-order valence-corrected chi connectivity index (χ4v) is 3.42. The average Bonchev–Trinajstić information content (AvgIpc) is 3.14. The zero-order valence-corrected chi connectivity index (χ0v) is 16.3. The molecule has 0 saturated heterocycles. The van der Waals surface area contributed by atoms with E-state index in [1.165, 1.54) is 22.2 Å². The summed E-state index contributed by atoms with van der Waals surface area (Å²) >= 11 is 1.36. The first-order valence-corrected chi connectivity index (χ1v) is 9.66. The van der Waals surface area contributed by atoms with Crippen molar-refractivity contribution in [2.45, 2.75) is 24.3 Å². The van der Waals surface area contributed by atoms with E-state index in [1.807, 2.05) is 43.3 Å². The van der Waals surface area contributed by atoms with Crippen molar-refractivity contribution in [3.63, 3.8) is 0 Å². The fourth-order valence-electron chi connectivity index (χ4n) is 2.75. The quantitative estimate of drug-likeness (QED) is 0.464. The van der Waals surface area contributed by atoms with E-state index >= 15 is 0 Å². The Balaban J connectivity index is 1.44. The molecule has 0 unspecified atom stereocenters. The number of hydrogen-bond donors (Lipinski definition) is 0. The van der Waals surface area contributed by atoms with Crippen LogP contribution in [0.1, 0.15) is 22.7 Å². The third-order valence-electron chi connectivity index (χ3n) is 4.18. The normalized spacial score (nSPS) is 11.1. The van der Waals surface area contributed by atoms with Gasteiger partial charge in [0, 0.05) is 18.0 Å². The highest BCUT2D eigenvalue weighted by Gasteiger charge is 2.10. The van der Waals surface area contributed by atoms with Gasteiger partial charge in [-0.15, -0.1) is 10.2 Å². The highest BCUT2D eigenvalue weighted by atomic mass is 32.2. The average molecular weight is 394 g/mol. The second-order valence-corrected chi connectivity index (χ2v) is 7.22. The summed E-state index contributed by atoms with van der Waals surface area (Å²) in [6.07, 6.45) is 2.28. The predicted octanol–water partition coefficient (Wildman–Crippen LogP) is 3.28. The van der Waals surface area contributed by atoms with Gasteiger partial charge in [-0.3, -0.25) is 9.20 Å². The van der Waals surface area contributed by atoms with Crippen molar-refractivity contribution in [2.75, 3.05) is 7.11 Å². The van der Waals surface area contributed by atoms with Crippen LogP contribution in [0.4, 0.5) is 0 Å². The molecule has 0 N–H and O–H groups in total. The molecule has 0 aliphatic heterocycles. The van der Waals surface area contributed by atoms with E-state index in [4.69, 9.17) is 9.15 Å². The van der Waals surface area contributed by atoms with Crippen LogP contribution in [0.15, 0.2) is 63.1 Å². The monoisotopic (exact) mass is 394 g/mol. The van der Waals surface area contributed by atoms with Crippen LogP contribution in [0.5, 0.6) is 5.75 Å². The molecule has 1 aromatic carbocycles. The van der Waals surface area contributed by atoms with Gasteiger partial charge in [0.05, 0.1) is 19.2 Å². The Morgan fingerprint density at radius 1 is 1.14 bits per heavy atom. The van der Waals surface area contributed by atoms with Gasteiger partial charge in [0.15, 0.2) is 0 Å².